The molecule has 152 valence electrons. The van der Waals surface area contributed by atoms with Gasteiger partial charge in [-0.2, -0.15) is 0 Å². The van der Waals surface area contributed by atoms with Gasteiger partial charge in [-0.3, -0.25) is 9.59 Å². The van der Waals surface area contributed by atoms with E-state index in [9.17, 15) is 18.0 Å². The summed E-state index contributed by atoms with van der Waals surface area (Å²) in [7, 11) is -3.71. The highest BCUT2D eigenvalue weighted by Crippen LogP contribution is 2.20. The number of hydrogen-bond acceptors (Lipinski definition) is 6. The van der Waals surface area contributed by atoms with E-state index in [4.69, 9.17) is 5.14 Å². The molecule has 28 heavy (non-hydrogen) atoms. The van der Waals surface area contributed by atoms with E-state index in [1.807, 2.05) is 20.8 Å². The van der Waals surface area contributed by atoms with Gasteiger partial charge >= 0.3 is 0 Å². The van der Waals surface area contributed by atoms with E-state index >= 15 is 0 Å². The summed E-state index contributed by atoms with van der Waals surface area (Å²) in [6.07, 6.45) is 0.551. The summed E-state index contributed by atoms with van der Waals surface area (Å²) in [6.45, 7) is 6.29. The monoisotopic (exact) mass is 424 g/mol. The Hall–Kier alpha value is -2.17. The van der Waals surface area contributed by atoms with E-state index in [-0.39, 0.29) is 27.5 Å². The molecule has 0 saturated heterocycles. The van der Waals surface area contributed by atoms with Crippen molar-refractivity contribution < 1.29 is 13.2 Å². The van der Waals surface area contributed by atoms with Crippen LogP contribution in [-0.4, -0.2) is 36.6 Å². The molecular formula is C18H24N4O4S2. The first-order valence-corrected chi connectivity index (χ1v) is 11.1. The van der Waals surface area contributed by atoms with Gasteiger partial charge in [0, 0.05) is 18.0 Å². The molecular weight excluding hydrogens is 400 g/mol. The number of carbonyl (C=O) groups excluding carboxylic acids is 1. The topological polar surface area (TPSA) is 135 Å². The molecule has 2 aromatic rings. The van der Waals surface area contributed by atoms with Gasteiger partial charge in [0.05, 0.1) is 16.3 Å². The summed E-state index contributed by atoms with van der Waals surface area (Å²) in [5.74, 6) is -0.0593. The van der Waals surface area contributed by atoms with Gasteiger partial charge in [0.15, 0.2) is 5.16 Å². The number of aromatic nitrogens is 2. The molecule has 1 heterocycles. The Labute approximate surface area is 168 Å². The molecule has 0 atom stereocenters. The van der Waals surface area contributed by atoms with Gasteiger partial charge in [0.25, 0.3) is 5.56 Å². The van der Waals surface area contributed by atoms with Crippen LogP contribution in [0.15, 0.2) is 45.2 Å². The molecule has 10 heteroatoms. The molecule has 0 aliphatic carbocycles. The third-order valence-electron chi connectivity index (χ3n) is 3.82. The molecule has 0 radical (unpaired) electrons. The minimum absolute atomic E-state index is 0.0515. The van der Waals surface area contributed by atoms with E-state index < -0.39 is 10.0 Å². The van der Waals surface area contributed by atoms with E-state index in [0.717, 1.165) is 17.3 Å². The molecule has 0 unspecified atom stereocenters. The molecule has 8 nitrogen and oxygen atoms in total. The summed E-state index contributed by atoms with van der Waals surface area (Å²) < 4.78 is 22.4. The van der Waals surface area contributed by atoms with Crippen LogP contribution in [0.25, 0.3) is 0 Å². The smallest absolute Gasteiger partial charge is 0.251 e. The zero-order valence-electron chi connectivity index (χ0n) is 16.0. The van der Waals surface area contributed by atoms with Crippen LogP contribution in [0.5, 0.6) is 0 Å². The highest BCUT2D eigenvalue weighted by atomic mass is 32.2. The number of nitrogens with zero attached hydrogens (tertiary/aromatic N) is 1. The highest BCUT2D eigenvalue weighted by molar-refractivity contribution is 7.99. The normalized spacial score (nSPS) is 12.0. The quantitative estimate of drug-likeness (QED) is 0.451. The Bertz CT molecular complexity index is 993. The van der Waals surface area contributed by atoms with Crippen LogP contribution in [-0.2, 0) is 26.7 Å². The maximum Gasteiger partial charge on any atom is 0.251 e. The molecule has 0 fully saturated rings. The zero-order valence-corrected chi connectivity index (χ0v) is 17.6. The molecule has 0 aliphatic rings. The Balaban J connectivity index is 1.84. The van der Waals surface area contributed by atoms with E-state index in [0.29, 0.717) is 23.8 Å². The van der Waals surface area contributed by atoms with Crippen molar-refractivity contribution in [3.05, 3.63) is 51.9 Å². The average Bonchev–Trinajstić information content (AvgIpc) is 2.58. The maximum atomic E-state index is 12.0. The van der Waals surface area contributed by atoms with E-state index in [2.05, 4.69) is 15.3 Å². The number of rotatable bonds is 7. The zero-order chi connectivity index (χ0) is 20.9. The second-order valence-electron chi connectivity index (χ2n) is 7.26. The maximum absolute atomic E-state index is 12.0. The van der Waals surface area contributed by atoms with Crippen LogP contribution < -0.4 is 16.0 Å². The first-order chi connectivity index (χ1) is 12.9. The van der Waals surface area contributed by atoms with Gasteiger partial charge in [-0.1, -0.05) is 44.7 Å². The molecule has 0 bridgehead atoms. The van der Waals surface area contributed by atoms with Gasteiger partial charge in [0.2, 0.25) is 15.9 Å². The molecule has 1 aromatic heterocycles. The third kappa shape index (κ3) is 6.77. The van der Waals surface area contributed by atoms with Gasteiger partial charge in [-0.25, -0.2) is 18.5 Å². The molecule has 4 N–H and O–H groups in total. The highest BCUT2D eigenvalue weighted by Gasteiger charge is 2.17. The van der Waals surface area contributed by atoms with Crippen LogP contribution in [0, 0.1) is 0 Å². The first kappa shape index (κ1) is 22.1. The van der Waals surface area contributed by atoms with Crippen LogP contribution in [0.1, 0.15) is 32.0 Å². The number of thioether (sulfide) groups is 1. The molecule has 0 saturated carbocycles. The number of aromatic amines is 1. The fourth-order valence-corrected chi connectivity index (χ4v) is 3.49. The SMILES string of the molecule is CC(C)(C)c1cc(=O)[nH]c(SCC(=O)NCCc2ccc(S(N)(=O)=O)cc2)n1. The van der Waals surface area contributed by atoms with Gasteiger partial charge < -0.3 is 10.3 Å². The first-order valence-electron chi connectivity index (χ1n) is 8.58. The predicted molar refractivity (Wildman–Crippen MR) is 109 cm³/mol. The number of carbonyl (C=O) groups is 1. The third-order valence-corrected chi connectivity index (χ3v) is 5.62. The summed E-state index contributed by atoms with van der Waals surface area (Å²) in [6, 6.07) is 7.66. The van der Waals surface area contributed by atoms with Gasteiger partial charge in [-0.15, -0.1) is 0 Å². The molecule has 1 amide bonds. The lowest BCUT2D eigenvalue weighted by Crippen LogP contribution is -2.27. The number of nitrogens with one attached hydrogen (secondary N) is 2. The lowest BCUT2D eigenvalue weighted by Gasteiger charge is -2.17. The lowest BCUT2D eigenvalue weighted by molar-refractivity contribution is -0.118. The Morgan fingerprint density at radius 3 is 2.46 bits per heavy atom. The molecule has 1 aromatic carbocycles. The minimum Gasteiger partial charge on any atom is -0.355 e. The lowest BCUT2D eigenvalue weighted by atomic mass is 9.92. The summed E-state index contributed by atoms with van der Waals surface area (Å²) in [5.41, 5.74) is 1.04. The minimum atomic E-state index is -3.71. The fourth-order valence-electron chi connectivity index (χ4n) is 2.26. The van der Waals surface area contributed by atoms with Crippen molar-refractivity contribution in [2.45, 2.75) is 42.7 Å². The van der Waals surface area contributed by atoms with Crippen LogP contribution in [0.4, 0.5) is 0 Å². The largest absolute Gasteiger partial charge is 0.355 e. The van der Waals surface area contributed by atoms with Gasteiger partial charge in [-0.05, 0) is 24.1 Å². The van der Waals surface area contributed by atoms with Crippen molar-refractivity contribution >= 4 is 27.7 Å². The number of hydrogen-bond donors (Lipinski definition) is 3. The fraction of sp³-hybridized carbons (Fsp3) is 0.389. The van der Waals surface area contributed by atoms with Crippen LogP contribution in [0.3, 0.4) is 0 Å². The Morgan fingerprint density at radius 2 is 1.89 bits per heavy atom. The number of nitrogens with two attached hydrogens (primary N) is 1. The van der Waals surface area contributed by atoms with Crippen molar-refractivity contribution in [1.82, 2.24) is 15.3 Å². The number of amides is 1. The van der Waals surface area contributed by atoms with Crippen molar-refractivity contribution in [3.8, 4) is 0 Å². The Morgan fingerprint density at radius 1 is 1.25 bits per heavy atom. The summed E-state index contributed by atoms with van der Waals surface area (Å²) in [4.78, 5) is 30.9. The van der Waals surface area contributed by atoms with Gasteiger partial charge in [0.1, 0.15) is 0 Å². The molecule has 0 aliphatic heterocycles. The standard InChI is InChI=1S/C18H24N4O4S2/c1-18(2,3)14-10-15(23)22-17(21-14)27-11-16(24)20-9-8-12-4-6-13(7-5-12)28(19,25)26/h4-7,10H,8-9,11H2,1-3H3,(H,20,24)(H2,19,25,26)(H,21,22,23). The second-order valence-corrected chi connectivity index (χ2v) is 9.79. The number of H-pyrrole nitrogens is 1. The Kier molecular flexibility index (Phi) is 7.02. The van der Waals surface area contributed by atoms with E-state index in [1.165, 1.54) is 18.2 Å². The van der Waals surface area contributed by atoms with E-state index in [1.54, 1.807) is 12.1 Å². The number of primary sulfonamides is 1. The van der Waals surface area contributed by atoms with Crippen molar-refractivity contribution in [2.24, 2.45) is 5.14 Å². The predicted octanol–water partition coefficient (Wildman–Crippen LogP) is 1.17. The number of sulfonamides is 1. The second kappa shape index (κ2) is 8.89. The summed E-state index contributed by atoms with van der Waals surface area (Å²) in [5, 5.41) is 8.25. The number of benzene rings is 1. The van der Waals surface area contributed by atoms with Crippen LogP contribution >= 0.6 is 11.8 Å². The van der Waals surface area contributed by atoms with Crippen molar-refractivity contribution in [3.63, 3.8) is 0 Å². The summed E-state index contributed by atoms with van der Waals surface area (Å²) >= 11 is 1.16. The van der Waals surface area contributed by atoms with Crippen molar-refractivity contribution in [1.29, 1.82) is 0 Å². The molecule has 2 rings (SSSR count). The van der Waals surface area contributed by atoms with Crippen molar-refractivity contribution in [2.75, 3.05) is 12.3 Å². The molecule has 0 spiro atoms. The average molecular weight is 425 g/mol. The van der Waals surface area contributed by atoms with Crippen LogP contribution in [0.2, 0.25) is 0 Å².